The summed E-state index contributed by atoms with van der Waals surface area (Å²) in [4.78, 5) is 13.2. The lowest BCUT2D eigenvalue weighted by Crippen LogP contribution is -2.39. The molecule has 3 aromatic heterocycles. The molecule has 0 unspecified atom stereocenters. The Bertz CT molecular complexity index is 1960. The maximum atomic E-state index is 15.3. The number of rotatable bonds is 8. The number of ether oxygens (including phenoxy) is 4. The zero-order chi connectivity index (χ0) is 31.5. The Labute approximate surface area is 263 Å². The van der Waals surface area contributed by atoms with Crippen molar-refractivity contribution in [1.82, 2.24) is 19.5 Å². The molecule has 0 saturated carbocycles. The molecule has 4 heterocycles. The molecule has 0 amide bonds. The number of pyridine rings is 1. The van der Waals surface area contributed by atoms with Crippen LogP contribution in [0.2, 0.25) is 5.02 Å². The van der Waals surface area contributed by atoms with E-state index in [9.17, 15) is 0 Å². The van der Waals surface area contributed by atoms with Gasteiger partial charge in [-0.3, -0.25) is 0 Å². The lowest BCUT2D eigenvalue weighted by molar-refractivity contribution is -0.158. The summed E-state index contributed by atoms with van der Waals surface area (Å²) in [6.07, 6.45) is 5.07. The van der Waals surface area contributed by atoms with Crippen LogP contribution < -0.4 is 20.5 Å². The van der Waals surface area contributed by atoms with Crippen LogP contribution >= 0.6 is 11.6 Å². The van der Waals surface area contributed by atoms with Gasteiger partial charge in [0.05, 0.1) is 29.1 Å². The third-order valence-corrected chi connectivity index (χ3v) is 8.70. The van der Waals surface area contributed by atoms with Crippen molar-refractivity contribution < 1.29 is 23.3 Å². The molecule has 45 heavy (non-hydrogen) atoms. The molecule has 1 saturated heterocycles. The molecule has 3 atom stereocenters. The second-order valence-corrected chi connectivity index (χ2v) is 12.2. The van der Waals surface area contributed by atoms with E-state index < -0.39 is 17.2 Å². The first-order valence-electron chi connectivity index (χ1n) is 14.5. The van der Waals surface area contributed by atoms with Crippen LogP contribution in [0.4, 0.5) is 16.0 Å². The normalized spacial score (nSPS) is 22.0. The summed E-state index contributed by atoms with van der Waals surface area (Å²) in [5.74, 6) is 0.621. The molecule has 7 rings (SSSR count). The molecular formula is C33H32ClFN6O4. The number of methoxy groups -OCH3 is 1. The van der Waals surface area contributed by atoms with E-state index >= 15 is 4.39 Å². The highest BCUT2D eigenvalue weighted by molar-refractivity contribution is 6.33. The second-order valence-electron chi connectivity index (χ2n) is 11.8. The Balaban J connectivity index is 1.15. The van der Waals surface area contributed by atoms with Crippen LogP contribution in [0.5, 0.6) is 11.5 Å². The highest BCUT2D eigenvalue weighted by Gasteiger charge is 2.59. The molecule has 0 bridgehead atoms. The van der Waals surface area contributed by atoms with Gasteiger partial charge in [-0.05, 0) is 56.2 Å². The van der Waals surface area contributed by atoms with Crippen LogP contribution in [0.3, 0.4) is 0 Å². The van der Waals surface area contributed by atoms with Crippen LogP contribution in [0.1, 0.15) is 32.4 Å². The van der Waals surface area contributed by atoms with Crippen LogP contribution in [-0.2, 0) is 16.0 Å². The number of fused-ring (bicyclic) bond motifs is 3. The van der Waals surface area contributed by atoms with E-state index in [1.165, 1.54) is 12.4 Å². The predicted molar refractivity (Wildman–Crippen MR) is 170 cm³/mol. The van der Waals surface area contributed by atoms with Crippen molar-refractivity contribution in [2.75, 3.05) is 24.8 Å². The Morgan fingerprint density at radius 3 is 2.64 bits per heavy atom. The zero-order valence-corrected chi connectivity index (χ0v) is 25.9. The Morgan fingerprint density at radius 1 is 1.07 bits per heavy atom. The van der Waals surface area contributed by atoms with Crippen LogP contribution in [0.15, 0.2) is 72.7 Å². The van der Waals surface area contributed by atoms with Gasteiger partial charge in [0.15, 0.2) is 5.79 Å². The summed E-state index contributed by atoms with van der Waals surface area (Å²) >= 11 is 6.47. The summed E-state index contributed by atoms with van der Waals surface area (Å²) in [6, 6.07) is 13.9. The number of nitrogens with two attached hydrogens (primary N) is 1. The Hall–Kier alpha value is -4.45. The molecule has 5 aromatic rings. The van der Waals surface area contributed by atoms with E-state index in [0.717, 1.165) is 22.3 Å². The molecule has 232 valence electrons. The number of aromatic nitrogens is 4. The summed E-state index contributed by atoms with van der Waals surface area (Å²) < 4.78 is 41.6. The third kappa shape index (κ3) is 5.20. The highest BCUT2D eigenvalue weighted by Crippen LogP contribution is 2.51. The predicted octanol–water partition coefficient (Wildman–Crippen LogP) is 6.45. The van der Waals surface area contributed by atoms with E-state index in [4.69, 9.17) is 36.3 Å². The maximum absolute atomic E-state index is 15.3. The van der Waals surface area contributed by atoms with Crippen molar-refractivity contribution in [3.63, 3.8) is 0 Å². The Kier molecular flexibility index (Phi) is 7.07. The number of nitrogen functional groups attached to an aromatic ring is 1. The number of benzene rings is 2. The lowest BCUT2D eigenvalue weighted by atomic mass is 9.95. The van der Waals surface area contributed by atoms with Crippen molar-refractivity contribution >= 4 is 45.2 Å². The summed E-state index contributed by atoms with van der Waals surface area (Å²) in [5, 5.41) is 4.61. The monoisotopic (exact) mass is 630 g/mol. The maximum Gasteiger partial charge on any atom is 0.164 e. The van der Waals surface area contributed by atoms with Crippen molar-refractivity contribution in [3.05, 3.63) is 89.1 Å². The highest BCUT2D eigenvalue weighted by atomic mass is 35.5. The van der Waals surface area contributed by atoms with Crippen molar-refractivity contribution in [3.8, 4) is 11.5 Å². The molecule has 2 aliphatic rings. The van der Waals surface area contributed by atoms with Crippen molar-refractivity contribution in [2.45, 2.75) is 50.8 Å². The first-order chi connectivity index (χ1) is 21.5. The molecular weight excluding hydrogens is 599 g/mol. The number of anilines is 2. The van der Waals surface area contributed by atoms with Crippen LogP contribution in [-0.4, -0.2) is 50.7 Å². The van der Waals surface area contributed by atoms with Gasteiger partial charge in [-0.2, -0.15) is 0 Å². The number of halogens is 2. The third-order valence-electron chi connectivity index (χ3n) is 8.42. The van der Waals surface area contributed by atoms with Gasteiger partial charge in [-0.1, -0.05) is 29.8 Å². The zero-order valence-electron chi connectivity index (χ0n) is 25.2. The van der Waals surface area contributed by atoms with Gasteiger partial charge in [0.25, 0.3) is 0 Å². The van der Waals surface area contributed by atoms with Gasteiger partial charge < -0.3 is 34.6 Å². The van der Waals surface area contributed by atoms with E-state index in [2.05, 4.69) is 26.3 Å². The largest absolute Gasteiger partial charge is 0.497 e. The number of hydrogen-bond acceptors (Lipinski definition) is 9. The van der Waals surface area contributed by atoms with Crippen molar-refractivity contribution in [2.24, 2.45) is 0 Å². The minimum Gasteiger partial charge on any atom is -0.497 e. The Morgan fingerprint density at radius 2 is 1.87 bits per heavy atom. The molecule has 0 spiro atoms. The van der Waals surface area contributed by atoms with E-state index in [0.29, 0.717) is 45.5 Å². The average molecular weight is 631 g/mol. The minimum absolute atomic E-state index is 0.139. The molecule has 10 nitrogen and oxygen atoms in total. The van der Waals surface area contributed by atoms with E-state index in [-0.39, 0.29) is 18.8 Å². The van der Waals surface area contributed by atoms with Gasteiger partial charge in [-0.25, -0.2) is 19.3 Å². The molecule has 0 radical (unpaired) electrons. The van der Waals surface area contributed by atoms with Crippen LogP contribution in [0.25, 0.3) is 21.9 Å². The van der Waals surface area contributed by atoms with Gasteiger partial charge in [0.2, 0.25) is 0 Å². The van der Waals surface area contributed by atoms with E-state index in [1.807, 2.05) is 61.9 Å². The summed E-state index contributed by atoms with van der Waals surface area (Å²) in [7, 11) is 1.62. The van der Waals surface area contributed by atoms with E-state index in [1.54, 1.807) is 19.2 Å². The molecule has 12 heteroatoms. The number of nitrogens with zero attached hydrogens (tertiary/aromatic N) is 4. The van der Waals surface area contributed by atoms with Gasteiger partial charge in [-0.15, -0.1) is 0 Å². The smallest absolute Gasteiger partial charge is 0.164 e. The fourth-order valence-corrected chi connectivity index (χ4v) is 6.46. The van der Waals surface area contributed by atoms with Gasteiger partial charge >= 0.3 is 0 Å². The SMILES string of the molecule is COc1ccc(CNc2nc3cc(OCC4=C[C@@H](n5ccc6c(N)ncnc65)[C@@H]5OC(C)(C)O[C@]45C)cc(F)c3cc2Cl)cc1. The average Bonchev–Trinajstić information content (AvgIpc) is 3.63. The molecule has 2 aromatic carbocycles. The molecule has 1 aliphatic heterocycles. The first kappa shape index (κ1) is 29.3. The quantitative estimate of drug-likeness (QED) is 0.187. The van der Waals surface area contributed by atoms with Gasteiger partial charge in [0, 0.05) is 30.3 Å². The fourth-order valence-electron chi connectivity index (χ4n) is 6.24. The molecule has 1 fully saturated rings. The van der Waals surface area contributed by atoms with Crippen LogP contribution in [0, 0.1) is 5.82 Å². The topological polar surface area (TPSA) is 119 Å². The summed E-state index contributed by atoms with van der Waals surface area (Å²) in [6.45, 7) is 6.37. The fraction of sp³-hybridized carbons (Fsp3) is 0.303. The first-order valence-corrected chi connectivity index (χ1v) is 14.9. The molecule has 3 N–H and O–H groups in total. The van der Waals surface area contributed by atoms with Crippen molar-refractivity contribution in [1.29, 1.82) is 0 Å². The second kappa shape index (κ2) is 10.9. The number of hydrogen-bond donors (Lipinski definition) is 2. The number of nitrogens with one attached hydrogen (secondary N) is 1. The standard InChI is InChI=1S/C33H32ClFN6O4/c1-32(2)44-28-27(41-10-9-22-29(36)38-17-39-31(22)41)11-19(33(28,3)45-32)16-43-21-12-25(35)23-14-24(34)30(40-26(23)13-21)37-15-18-5-7-20(42-4)8-6-18/h5-14,17,27-28H,15-16H2,1-4H3,(H,37,40)(H2,36,38,39)/t27-,28+,33-/m1/s1. The summed E-state index contributed by atoms with van der Waals surface area (Å²) in [5.41, 5.74) is 8.27. The molecule has 1 aliphatic carbocycles. The van der Waals surface area contributed by atoms with Gasteiger partial charge in [0.1, 0.15) is 59.2 Å². The minimum atomic E-state index is -0.832. The lowest BCUT2D eigenvalue weighted by Gasteiger charge is -2.28.